The molecule has 1 aliphatic carbocycles. The Bertz CT molecular complexity index is 1580. The molecule has 0 heterocycles. The number of hydrogen-bond donors (Lipinski definition) is 0. The van der Waals surface area contributed by atoms with E-state index in [1.165, 1.54) is 22.3 Å². The summed E-state index contributed by atoms with van der Waals surface area (Å²) < 4.78 is 25.5. The van der Waals surface area contributed by atoms with Gasteiger partial charge in [0.2, 0.25) is 0 Å². The summed E-state index contributed by atoms with van der Waals surface area (Å²) in [5.74, 6) is 3.58. The average Bonchev–Trinajstić information content (AvgIpc) is 3.02. The van der Waals surface area contributed by atoms with E-state index in [0.717, 1.165) is 67.5 Å². The van der Waals surface area contributed by atoms with Gasteiger partial charge in [-0.15, -0.1) is 18.6 Å². The molecule has 5 rings (SSSR count). The largest absolute Gasteiger partial charge is 1.00 e. The van der Waals surface area contributed by atoms with Gasteiger partial charge in [-0.2, -0.15) is 0 Å². The second-order valence-corrected chi connectivity index (χ2v) is 18.8. The Morgan fingerprint density at radius 1 is 0.358 bits per heavy atom. The van der Waals surface area contributed by atoms with Crippen molar-refractivity contribution >= 4 is 0 Å². The van der Waals surface area contributed by atoms with E-state index in [0.29, 0.717) is 19.3 Å². The Morgan fingerprint density at radius 3 is 0.774 bits per heavy atom. The van der Waals surface area contributed by atoms with E-state index in [4.69, 9.17) is 18.9 Å². The Balaban J connectivity index is 0.00000627. The van der Waals surface area contributed by atoms with Crippen LogP contribution in [0.1, 0.15) is 150 Å². The number of hydrogen-bond acceptors (Lipinski definition) is 4. The third-order valence-corrected chi connectivity index (χ3v) is 10.6. The van der Waals surface area contributed by atoms with E-state index in [1.807, 2.05) is 0 Å². The van der Waals surface area contributed by atoms with Crippen LogP contribution in [0.15, 0.2) is 48.5 Å². The molecule has 0 atom stereocenters. The molecular formula is C48H63LiO4. The van der Waals surface area contributed by atoms with Crippen LogP contribution in [-0.4, -0.2) is 28.4 Å². The zero-order chi connectivity index (χ0) is 38.6. The van der Waals surface area contributed by atoms with Crippen molar-refractivity contribution in [3.05, 3.63) is 122 Å². The minimum absolute atomic E-state index is 0. The predicted molar refractivity (Wildman–Crippen MR) is 218 cm³/mol. The summed E-state index contributed by atoms with van der Waals surface area (Å²) in [6.45, 7) is 27.4. The smallest absolute Gasteiger partial charge is 0.530 e. The Hall–Kier alpha value is -3.45. The van der Waals surface area contributed by atoms with Gasteiger partial charge in [0.15, 0.2) is 0 Å². The van der Waals surface area contributed by atoms with E-state index in [9.17, 15) is 0 Å². The summed E-state index contributed by atoms with van der Waals surface area (Å²) in [7, 11) is 7.19. The number of methoxy groups -OCH3 is 4. The molecule has 8 bridgehead atoms. The number of fused-ring (bicyclic) bond motifs is 8. The summed E-state index contributed by atoms with van der Waals surface area (Å²) in [5, 5.41) is 0. The third-order valence-electron chi connectivity index (χ3n) is 10.6. The van der Waals surface area contributed by atoms with Crippen molar-refractivity contribution in [1.29, 1.82) is 0 Å². The monoisotopic (exact) mass is 710 g/mol. The molecule has 0 radical (unpaired) electrons. The van der Waals surface area contributed by atoms with Gasteiger partial charge in [0.05, 0.1) is 39.9 Å². The van der Waals surface area contributed by atoms with Crippen LogP contribution in [0.2, 0.25) is 0 Å². The van der Waals surface area contributed by atoms with E-state index in [-0.39, 0.29) is 40.5 Å². The van der Waals surface area contributed by atoms with E-state index >= 15 is 0 Å². The molecular weight excluding hydrogens is 647 g/mol. The second-order valence-electron chi connectivity index (χ2n) is 18.8. The fourth-order valence-corrected chi connectivity index (χ4v) is 7.48. The first-order chi connectivity index (χ1) is 24.1. The van der Waals surface area contributed by atoms with Crippen LogP contribution in [0.5, 0.6) is 23.0 Å². The topological polar surface area (TPSA) is 36.9 Å². The van der Waals surface area contributed by atoms with Gasteiger partial charge in [-0.1, -0.05) is 142 Å². The van der Waals surface area contributed by atoms with Crippen molar-refractivity contribution in [3.8, 4) is 23.0 Å². The first-order valence-corrected chi connectivity index (χ1v) is 18.8. The molecule has 0 saturated carbocycles. The van der Waals surface area contributed by atoms with Crippen LogP contribution in [0.3, 0.4) is 0 Å². The molecule has 4 nitrogen and oxygen atoms in total. The van der Waals surface area contributed by atoms with E-state index in [2.05, 4.69) is 138 Å². The molecule has 4 aromatic carbocycles. The molecule has 0 aromatic heterocycles. The van der Waals surface area contributed by atoms with Gasteiger partial charge in [-0.05, 0) is 79.0 Å². The van der Waals surface area contributed by atoms with Crippen LogP contribution in [0.4, 0.5) is 0 Å². The van der Waals surface area contributed by atoms with E-state index < -0.39 is 0 Å². The first-order valence-electron chi connectivity index (χ1n) is 18.8. The standard InChI is InChI=1S/C48H63O4.Li/c1-45(2,3)37-21-29-17-31-23-38(46(4,5)6)25-33(42(31)50-14)19-35-27-40(48(10,11)12)28-36(44(35)52-16)20-34-26-39(47(7,8)9)24-32(43(34)51-15)18-30(22-37)41(29)49-13;/h17,21-28H,18-20H2,1-16H3;/q-1;+1. The molecule has 0 saturated heterocycles. The van der Waals surface area contributed by atoms with Gasteiger partial charge in [-0.3, -0.25) is 0 Å². The maximum absolute atomic E-state index is 6.38. The zero-order valence-corrected chi connectivity index (χ0v) is 36.0. The third kappa shape index (κ3) is 8.93. The van der Waals surface area contributed by atoms with E-state index in [1.54, 1.807) is 28.4 Å². The van der Waals surface area contributed by atoms with Crippen molar-refractivity contribution < 1.29 is 37.8 Å². The first kappa shape index (κ1) is 42.3. The predicted octanol–water partition coefficient (Wildman–Crippen LogP) is 8.60. The molecule has 0 amide bonds. The van der Waals surface area contributed by atoms with Crippen LogP contribution in [-0.2, 0) is 40.9 Å². The maximum atomic E-state index is 6.38. The summed E-state index contributed by atoms with van der Waals surface area (Å²) in [4.78, 5) is 0. The number of rotatable bonds is 4. The normalized spacial score (nSPS) is 13.4. The minimum Gasteiger partial charge on any atom is -0.530 e. The number of benzene rings is 4. The summed E-state index contributed by atoms with van der Waals surface area (Å²) >= 11 is 0. The minimum atomic E-state index is -0.0838. The Labute approximate surface area is 333 Å². The van der Waals surface area contributed by atoms with Crippen molar-refractivity contribution in [2.45, 2.75) is 124 Å². The molecule has 0 unspecified atom stereocenters. The quantitative estimate of drug-likeness (QED) is 0.138. The van der Waals surface area contributed by atoms with Crippen LogP contribution < -0.4 is 37.8 Å². The fourth-order valence-electron chi connectivity index (χ4n) is 7.48. The molecule has 0 fully saturated rings. The SMILES string of the molecule is COc1c2cc(C(C)(C)C)cc1Cc1cc(C(C)(C)C)cc(c1OC)Cc1cc(C(C)(C)C)cc(c1OC)Cc1cc(C(C)(C)C)cc(c1OC)[CH-]2.[Li+]. The van der Waals surface area contributed by atoms with Gasteiger partial charge in [0, 0.05) is 6.42 Å². The summed E-state index contributed by atoms with van der Waals surface area (Å²) in [6.07, 6.45) is 4.25. The van der Waals surface area contributed by atoms with Gasteiger partial charge in [-0.25, -0.2) is 0 Å². The fraction of sp³-hybridized carbons (Fsp3) is 0.479. The molecule has 4 aromatic rings. The molecule has 0 N–H and O–H groups in total. The summed E-state index contributed by atoms with van der Waals surface area (Å²) in [5.41, 5.74) is 13.7. The van der Waals surface area contributed by atoms with Crippen LogP contribution >= 0.6 is 0 Å². The molecule has 1 aliphatic rings. The van der Waals surface area contributed by atoms with Gasteiger partial charge in [0.1, 0.15) is 11.5 Å². The summed E-state index contributed by atoms with van der Waals surface area (Å²) in [6, 6.07) is 18.6. The maximum Gasteiger partial charge on any atom is 1.00 e. The number of ether oxygens (including phenoxy) is 4. The van der Waals surface area contributed by atoms with Crippen molar-refractivity contribution in [1.82, 2.24) is 0 Å². The van der Waals surface area contributed by atoms with Gasteiger partial charge >= 0.3 is 18.9 Å². The second kappa shape index (κ2) is 15.4. The Kier molecular flexibility index (Phi) is 12.3. The van der Waals surface area contributed by atoms with Gasteiger partial charge in [0.25, 0.3) is 0 Å². The average molecular weight is 711 g/mol. The van der Waals surface area contributed by atoms with Crippen molar-refractivity contribution in [3.63, 3.8) is 0 Å². The molecule has 280 valence electrons. The molecule has 0 aliphatic heterocycles. The zero-order valence-electron chi connectivity index (χ0n) is 36.0. The van der Waals surface area contributed by atoms with Crippen molar-refractivity contribution in [2.24, 2.45) is 0 Å². The van der Waals surface area contributed by atoms with Crippen LogP contribution in [0, 0.1) is 6.42 Å². The Morgan fingerprint density at radius 2 is 0.566 bits per heavy atom. The molecule has 0 spiro atoms. The van der Waals surface area contributed by atoms with Crippen molar-refractivity contribution in [2.75, 3.05) is 28.4 Å². The molecule has 53 heavy (non-hydrogen) atoms. The molecule has 5 heteroatoms. The van der Waals surface area contributed by atoms with Gasteiger partial charge < -0.3 is 18.9 Å². The van der Waals surface area contributed by atoms with Crippen LogP contribution in [0.25, 0.3) is 0 Å².